The summed E-state index contributed by atoms with van der Waals surface area (Å²) in [5.74, 6) is 0. The lowest BCUT2D eigenvalue weighted by Gasteiger charge is -2.28. The van der Waals surface area contributed by atoms with Gasteiger partial charge >= 0.3 is 0 Å². The molecule has 0 radical (unpaired) electrons. The maximum atomic E-state index is 3.75. The highest BCUT2D eigenvalue weighted by molar-refractivity contribution is 5.91. The lowest BCUT2D eigenvalue weighted by Crippen LogP contribution is -2.22. The van der Waals surface area contributed by atoms with Gasteiger partial charge in [0.15, 0.2) is 0 Å². The fourth-order valence-electron chi connectivity index (χ4n) is 7.51. The largest absolute Gasteiger partial charge is 0.355 e. The van der Waals surface area contributed by atoms with E-state index in [1.165, 1.54) is 61.2 Å². The van der Waals surface area contributed by atoms with Crippen molar-refractivity contribution in [2.45, 2.75) is 31.6 Å². The normalized spacial score (nSPS) is 17.2. The lowest BCUT2D eigenvalue weighted by atomic mass is 9.74. The molecule has 42 heavy (non-hydrogen) atoms. The van der Waals surface area contributed by atoms with E-state index < -0.39 is 0 Å². The maximum absolute atomic E-state index is 3.75. The third kappa shape index (κ3) is 3.50. The molecule has 1 unspecified atom stereocenters. The van der Waals surface area contributed by atoms with Gasteiger partial charge in [0, 0.05) is 27.8 Å². The summed E-state index contributed by atoms with van der Waals surface area (Å²) in [5.41, 5.74) is 16.7. The van der Waals surface area contributed by atoms with Crippen LogP contribution in [0.5, 0.6) is 0 Å². The molecule has 1 atom stereocenters. The Morgan fingerprint density at radius 3 is 1.86 bits per heavy atom. The van der Waals surface area contributed by atoms with E-state index in [2.05, 4.69) is 166 Å². The molecule has 6 aromatic carbocycles. The molecule has 2 aliphatic rings. The van der Waals surface area contributed by atoms with Crippen LogP contribution in [0.1, 0.15) is 48.6 Å². The zero-order valence-corrected chi connectivity index (χ0v) is 24.3. The average Bonchev–Trinajstić information content (AvgIpc) is 3.44. The second-order valence-corrected chi connectivity index (χ2v) is 12.4. The van der Waals surface area contributed by atoms with Gasteiger partial charge in [0.05, 0.1) is 0 Å². The maximum Gasteiger partial charge on any atom is 0.0467 e. The molecule has 6 aromatic rings. The molecule has 0 amide bonds. The van der Waals surface area contributed by atoms with Gasteiger partial charge in [-0.15, -0.1) is 0 Å². The van der Waals surface area contributed by atoms with Crippen LogP contribution in [0.2, 0.25) is 0 Å². The molecule has 202 valence electrons. The number of anilines is 2. The van der Waals surface area contributed by atoms with Crippen molar-refractivity contribution in [3.63, 3.8) is 0 Å². The predicted molar refractivity (Wildman–Crippen MR) is 177 cm³/mol. The Morgan fingerprint density at radius 2 is 1.07 bits per heavy atom. The molecule has 0 aliphatic heterocycles. The van der Waals surface area contributed by atoms with Crippen molar-refractivity contribution in [1.82, 2.24) is 0 Å². The topological polar surface area (TPSA) is 12.0 Å². The minimum Gasteiger partial charge on any atom is -0.355 e. The highest BCUT2D eigenvalue weighted by Crippen LogP contribution is 2.54. The second kappa shape index (κ2) is 9.06. The molecule has 0 bridgehead atoms. The van der Waals surface area contributed by atoms with Gasteiger partial charge in [0.25, 0.3) is 0 Å². The van der Waals surface area contributed by atoms with E-state index in [4.69, 9.17) is 0 Å². The highest BCUT2D eigenvalue weighted by atomic mass is 14.9. The van der Waals surface area contributed by atoms with Crippen LogP contribution in [0.15, 0.2) is 140 Å². The molecule has 0 saturated carbocycles. The standard InChI is InChI=1S/C41H33N/c1-40(2)34-16-9-8-15-33(34)39-36(40)18-11-19-38(39)42-30-23-20-27(21-24-30)28-22-25-32-31-14-7-10-17-35(31)41(3,37(32)26-28)29-12-5-4-6-13-29/h4-26,42H,1-3H3. The van der Waals surface area contributed by atoms with Crippen molar-refractivity contribution < 1.29 is 0 Å². The van der Waals surface area contributed by atoms with Gasteiger partial charge in [-0.05, 0) is 86.8 Å². The van der Waals surface area contributed by atoms with E-state index in [1.807, 2.05) is 0 Å². The minimum atomic E-state index is -0.192. The average molecular weight is 540 g/mol. The van der Waals surface area contributed by atoms with Gasteiger partial charge < -0.3 is 5.32 Å². The summed E-state index contributed by atoms with van der Waals surface area (Å²) in [7, 11) is 0. The Balaban J connectivity index is 1.15. The van der Waals surface area contributed by atoms with Gasteiger partial charge in [-0.25, -0.2) is 0 Å². The Kier molecular flexibility index (Phi) is 5.37. The van der Waals surface area contributed by atoms with Gasteiger partial charge in [0.2, 0.25) is 0 Å². The molecular formula is C41H33N. The SMILES string of the molecule is CC1(C)c2ccccc2-c2c(Nc3ccc(-c4ccc5c(c4)C(C)(c4ccccc4)c4ccccc4-5)cc3)cccc21. The summed E-state index contributed by atoms with van der Waals surface area (Å²) >= 11 is 0. The number of fused-ring (bicyclic) bond motifs is 6. The van der Waals surface area contributed by atoms with Crippen molar-refractivity contribution >= 4 is 11.4 Å². The second-order valence-electron chi connectivity index (χ2n) is 12.4. The highest BCUT2D eigenvalue weighted by Gasteiger charge is 2.40. The monoisotopic (exact) mass is 539 g/mol. The van der Waals surface area contributed by atoms with Crippen LogP contribution in [0.25, 0.3) is 33.4 Å². The van der Waals surface area contributed by atoms with Gasteiger partial charge in [-0.1, -0.05) is 129 Å². The molecule has 0 spiro atoms. The Labute approximate surface area is 248 Å². The van der Waals surface area contributed by atoms with Gasteiger partial charge in [-0.3, -0.25) is 0 Å². The Bertz CT molecular complexity index is 1980. The van der Waals surface area contributed by atoms with Crippen LogP contribution in [-0.2, 0) is 10.8 Å². The quantitative estimate of drug-likeness (QED) is 0.235. The van der Waals surface area contributed by atoms with E-state index in [0.717, 1.165) is 11.4 Å². The number of benzene rings is 6. The molecule has 2 aliphatic carbocycles. The Morgan fingerprint density at radius 1 is 0.452 bits per heavy atom. The summed E-state index contributed by atoms with van der Waals surface area (Å²) in [4.78, 5) is 0. The predicted octanol–water partition coefficient (Wildman–Crippen LogP) is 10.7. The van der Waals surface area contributed by atoms with Crippen LogP contribution in [0, 0.1) is 0 Å². The van der Waals surface area contributed by atoms with Gasteiger partial charge in [-0.2, -0.15) is 0 Å². The third-order valence-electron chi connectivity index (χ3n) is 9.77. The lowest BCUT2D eigenvalue weighted by molar-refractivity contribution is 0.660. The van der Waals surface area contributed by atoms with E-state index in [1.54, 1.807) is 0 Å². The van der Waals surface area contributed by atoms with Crippen LogP contribution in [0.3, 0.4) is 0 Å². The van der Waals surface area contributed by atoms with Crippen LogP contribution in [-0.4, -0.2) is 0 Å². The van der Waals surface area contributed by atoms with Gasteiger partial charge in [0.1, 0.15) is 0 Å². The summed E-state index contributed by atoms with van der Waals surface area (Å²) in [5, 5.41) is 3.75. The van der Waals surface area contributed by atoms with Crippen molar-refractivity contribution in [3.05, 3.63) is 167 Å². The van der Waals surface area contributed by atoms with E-state index in [9.17, 15) is 0 Å². The zero-order chi connectivity index (χ0) is 28.5. The van der Waals surface area contributed by atoms with Crippen molar-refractivity contribution in [2.75, 3.05) is 5.32 Å². The fraction of sp³-hybridized carbons (Fsp3) is 0.122. The first-order valence-corrected chi connectivity index (χ1v) is 14.9. The van der Waals surface area contributed by atoms with Crippen molar-refractivity contribution in [3.8, 4) is 33.4 Å². The van der Waals surface area contributed by atoms with E-state index in [-0.39, 0.29) is 10.8 Å². The van der Waals surface area contributed by atoms with Crippen molar-refractivity contribution in [2.24, 2.45) is 0 Å². The first-order valence-electron chi connectivity index (χ1n) is 14.9. The summed E-state index contributed by atoms with van der Waals surface area (Å²) in [6.07, 6.45) is 0. The van der Waals surface area contributed by atoms with E-state index in [0.29, 0.717) is 0 Å². The molecule has 0 fully saturated rings. The number of rotatable bonds is 4. The van der Waals surface area contributed by atoms with Crippen LogP contribution in [0.4, 0.5) is 11.4 Å². The third-order valence-corrected chi connectivity index (χ3v) is 9.77. The van der Waals surface area contributed by atoms with Crippen LogP contribution < -0.4 is 5.32 Å². The molecular weight excluding hydrogens is 506 g/mol. The van der Waals surface area contributed by atoms with Crippen molar-refractivity contribution in [1.29, 1.82) is 0 Å². The Hall–Kier alpha value is -4.88. The summed E-state index contributed by atoms with van der Waals surface area (Å²) in [6, 6.07) is 51.2. The first-order chi connectivity index (χ1) is 20.5. The summed E-state index contributed by atoms with van der Waals surface area (Å²) < 4.78 is 0. The smallest absolute Gasteiger partial charge is 0.0467 e. The fourth-order valence-corrected chi connectivity index (χ4v) is 7.51. The van der Waals surface area contributed by atoms with Crippen LogP contribution >= 0.6 is 0 Å². The molecule has 0 aromatic heterocycles. The molecule has 1 heteroatoms. The molecule has 0 saturated heterocycles. The van der Waals surface area contributed by atoms with E-state index >= 15 is 0 Å². The molecule has 8 rings (SSSR count). The zero-order valence-electron chi connectivity index (χ0n) is 24.3. The molecule has 0 heterocycles. The number of hydrogen-bond acceptors (Lipinski definition) is 1. The first kappa shape index (κ1) is 24.9. The number of nitrogens with one attached hydrogen (secondary N) is 1. The summed E-state index contributed by atoms with van der Waals surface area (Å²) in [6.45, 7) is 7.03. The number of hydrogen-bond donors (Lipinski definition) is 1. The molecule has 1 N–H and O–H groups in total. The molecule has 1 nitrogen and oxygen atoms in total. The minimum absolute atomic E-state index is 0.00501.